The van der Waals surface area contributed by atoms with E-state index in [-0.39, 0.29) is 21.9 Å². The second-order valence-corrected chi connectivity index (χ2v) is 9.04. The Morgan fingerprint density at radius 3 is 2.58 bits per heavy atom. The van der Waals surface area contributed by atoms with Crippen molar-refractivity contribution >= 4 is 23.6 Å². The van der Waals surface area contributed by atoms with Crippen LogP contribution in [-0.2, 0) is 11.2 Å². The number of fused-ring (bicyclic) bond motifs is 3. The van der Waals surface area contributed by atoms with Gasteiger partial charge in [0.05, 0.1) is 0 Å². The molecular weight excluding hydrogens is 344 g/mol. The van der Waals surface area contributed by atoms with E-state index in [1.165, 1.54) is 5.56 Å². The molecule has 1 fully saturated rings. The lowest BCUT2D eigenvalue weighted by Gasteiger charge is -2.29. The second-order valence-electron chi connectivity index (χ2n) is 7.30. The number of hydrogen-bond acceptors (Lipinski definition) is 3. The lowest BCUT2D eigenvalue weighted by atomic mass is 10.0. The Bertz CT molecular complexity index is 850. The first-order valence-corrected chi connectivity index (χ1v) is 9.78. The SMILES string of the molecule is CC1(C)S[C@@H]2c3ccccc3C(=O)N2[C@H]1C(=O)NCCc1ccccc1. The number of hydrogen-bond donors (Lipinski definition) is 1. The van der Waals surface area contributed by atoms with Crippen molar-refractivity contribution in [3.8, 4) is 0 Å². The molecule has 2 amide bonds. The minimum absolute atomic E-state index is 0.0353. The summed E-state index contributed by atoms with van der Waals surface area (Å²) in [6, 6.07) is 17.3. The van der Waals surface area contributed by atoms with Crippen molar-refractivity contribution in [1.29, 1.82) is 0 Å². The van der Waals surface area contributed by atoms with Crippen LogP contribution in [0.2, 0.25) is 0 Å². The van der Waals surface area contributed by atoms with Gasteiger partial charge in [0.2, 0.25) is 5.91 Å². The van der Waals surface area contributed by atoms with Crippen molar-refractivity contribution in [2.45, 2.75) is 36.4 Å². The van der Waals surface area contributed by atoms with Crippen molar-refractivity contribution in [2.24, 2.45) is 0 Å². The predicted octanol–water partition coefficient (Wildman–Crippen LogP) is 3.39. The average Bonchev–Trinajstić information content (AvgIpc) is 3.06. The lowest BCUT2D eigenvalue weighted by molar-refractivity contribution is -0.126. The number of thioether (sulfide) groups is 1. The zero-order valence-electron chi connectivity index (χ0n) is 14.9. The standard InChI is InChI=1S/C21H22N2O2S/c1-21(2)17(18(24)22-13-12-14-8-4-3-5-9-14)23-19(25)15-10-6-7-11-16(15)20(23)26-21/h3-11,17,20H,12-13H2,1-2H3,(H,22,24)/t17-,20+/m0/s1. The molecule has 0 saturated carbocycles. The van der Waals surface area contributed by atoms with E-state index in [1.807, 2.05) is 56.3 Å². The largest absolute Gasteiger partial charge is 0.354 e. The normalized spacial score (nSPS) is 22.8. The second kappa shape index (κ2) is 6.47. The highest BCUT2D eigenvalue weighted by Crippen LogP contribution is 2.56. The van der Waals surface area contributed by atoms with Crippen LogP contribution in [0.5, 0.6) is 0 Å². The first-order chi connectivity index (χ1) is 12.5. The Kier molecular flexibility index (Phi) is 4.27. The van der Waals surface area contributed by atoms with Gasteiger partial charge in [-0.1, -0.05) is 48.5 Å². The summed E-state index contributed by atoms with van der Waals surface area (Å²) in [5.74, 6) is -0.103. The van der Waals surface area contributed by atoms with Gasteiger partial charge in [-0.05, 0) is 37.5 Å². The van der Waals surface area contributed by atoms with Crippen LogP contribution in [0.25, 0.3) is 0 Å². The van der Waals surface area contributed by atoms with Crippen molar-refractivity contribution in [3.05, 3.63) is 71.3 Å². The van der Waals surface area contributed by atoms with Crippen molar-refractivity contribution in [1.82, 2.24) is 10.2 Å². The van der Waals surface area contributed by atoms with E-state index in [0.29, 0.717) is 6.54 Å². The number of carbonyl (C=O) groups excluding carboxylic acids is 2. The lowest BCUT2D eigenvalue weighted by Crippen LogP contribution is -2.52. The number of benzene rings is 2. The highest BCUT2D eigenvalue weighted by Gasteiger charge is 2.57. The van der Waals surface area contributed by atoms with Crippen molar-refractivity contribution in [3.63, 3.8) is 0 Å². The number of rotatable bonds is 4. The third kappa shape index (κ3) is 2.80. The minimum Gasteiger partial charge on any atom is -0.354 e. The molecule has 4 nitrogen and oxygen atoms in total. The summed E-state index contributed by atoms with van der Waals surface area (Å²) in [6.45, 7) is 4.67. The van der Waals surface area contributed by atoms with Crippen LogP contribution in [0.1, 0.15) is 40.7 Å². The first kappa shape index (κ1) is 17.2. The average molecular weight is 366 g/mol. The Morgan fingerprint density at radius 1 is 1.12 bits per heavy atom. The van der Waals surface area contributed by atoms with Gasteiger partial charge in [-0.2, -0.15) is 0 Å². The molecular formula is C21H22N2O2S. The molecule has 0 aliphatic carbocycles. The van der Waals surface area contributed by atoms with E-state index < -0.39 is 6.04 Å². The molecule has 26 heavy (non-hydrogen) atoms. The fourth-order valence-corrected chi connectivity index (χ4v) is 5.46. The summed E-state index contributed by atoms with van der Waals surface area (Å²) in [4.78, 5) is 27.7. The molecule has 2 heterocycles. The molecule has 0 spiro atoms. The van der Waals surface area contributed by atoms with Gasteiger partial charge in [-0.25, -0.2) is 0 Å². The molecule has 134 valence electrons. The maximum Gasteiger partial charge on any atom is 0.256 e. The Labute approximate surface area is 158 Å². The molecule has 5 heteroatoms. The monoisotopic (exact) mass is 366 g/mol. The van der Waals surface area contributed by atoms with E-state index in [1.54, 1.807) is 16.7 Å². The molecule has 1 N–H and O–H groups in total. The van der Waals surface area contributed by atoms with Gasteiger partial charge in [-0.3, -0.25) is 9.59 Å². The summed E-state index contributed by atoms with van der Waals surface area (Å²) in [5, 5.41) is 2.97. The highest BCUT2D eigenvalue weighted by molar-refractivity contribution is 8.01. The Morgan fingerprint density at radius 2 is 1.81 bits per heavy atom. The van der Waals surface area contributed by atoms with Crippen molar-refractivity contribution in [2.75, 3.05) is 6.54 Å². The van der Waals surface area contributed by atoms with Crippen molar-refractivity contribution < 1.29 is 9.59 Å². The number of nitrogens with zero attached hydrogens (tertiary/aromatic N) is 1. The third-order valence-corrected chi connectivity index (χ3v) is 6.64. The molecule has 2 aromatic rings. The summed E-state index contributed by atoms with van der Waals surface area (Å²) >= 11 is 1.70. The van der Waals surface area contributed by atoms with Gasteiger partial charge in [0, 0.05) is 16.9 Å². The fourth-order valence-electron chi connectivity index (χ4n) is 3.88. The van der Waals surface area contributed by atoms with Gasteiger partial charge in [0.25, 0.3) is 5.91 Å². The van der Waals surface area contributed by atoms with E-state index in [0.717, 1.165) is 17.5 Å². The molecule has 2 aliphatic rings. The molecule has 2 atom stereocenters. The number of amides is 2. The Balaban J connectivity index is 1.50. The maximum atomic E-state index is 13.0. The third-order valence-electron chi connectivity index (χ3n) is 5.10. The molecule has 1 saturated heterocycles. The molecule has 0 unspecified atom stereocenters. The Hall–Kier alpha value is -2.27. The first-order valence-electron chi connectivity index (χ1n) is 8.90. The summed E-state index contributed by atoms with van der Waals surface area (Å²) in [5.41, 5.74) is 2.94. The van der Waals surface area contributed by atoms with Crippen LogP contribution in [0.4, 0.5) is 0 Å². The summed E-state index contributed by atoms with van der Waals surface area (Å²) in [7, 11) is 0. The molecule has 4 rings (SSSR count). The van der Waals surface area contributed by atoms with Gasteiger partial charge in [-0.15, -0.1) is 11.8 Å². The van der Waals surface area contributed by atoms with Gasteiger partial charge in [0.1, 0.15) is 11.4 Å². The number of carbonyl (C=O) groups is 2. The van der Waals surface area contributed by atoms with Gasteiger partial charge >= 0.3 is 0 Å². The van der Waals surface area contributed by atoms with Crippen LogP contribution in [0.15, 0.2) is 54.6 Å². The maximum absolute atomic E-state index is 13.0. The van der Waals surface area contributed by atoms with Gasteiger partial charge < -0.3 is 10.2 Å². The van der Waals surface area contributed by atoms with E-state index in [2.05, 4.69) is 17.4 Å². The van der Waals surface area contributed by atoms with Crippen LogP contribution in [0.3, 0.4) is 0 Å². The topological polar surface area (TPSA) is 49.4 Å². The quantitative estimate of drug-likeness (QED) is 0.902. The van der Waals surface area contributed by atoms with Crippen LogP contribution in [-0.4, -0.2) is 34.0 Å². The fraction of sp³-hybridized carbons (Fsp3) is 0.333. The number of nitrogens with one attached hydrogen (secondary N) is 1. The summed E-state index contributed by atoms with van der Waals surface area (Å²) in [6.07, 6.45) is 0.782. The smallest absolute Gasteiger partial charge is 0.256 e. The van der Waals surface area contributed by atoms with Crippen LogP contribution >= 0.6 is 11.8 Å². The predicted molar refractivity (Wildman–Crippen MR) is 104 cm³/mol. The highest BCUT2D eigenvalue weighted by atomic mass is 32.2. The minimum atomic E-state index is -0.465. The molecule has 0 radical (unpaired) electrons. The van der Waals surface area contributed by atoms with Crippen LogP contribution in [0, 0.1) is 0 Å². The molecule has 0 aromatic heterocycles. The van der Waals surface area contributed by atoms with E-state index in [4.69, 9.17) is 0 Å². The van der Waals surface area contributed by atoms with E-state index >= 15 is 0 Å². The summed E-state index contributed by atoms with van der Waals surface area (Å²) < 4.78 is -0.329. The molecule has 2 aliphatic heterocycles. The zero-order valence-corrected chi connectivity index (χ0v) is 15.8. The molecule has 0 bridgehead atoms. The molecule has 2 aromatic carbocycles. The van der Waals surface area contributed by atoms with E-state index in [9.17, 15) is 9.59 Å². The van der Waals surface area contributed by atoms with Gasteiger partial charge in [0.15, 0.2) is 0 Å². The van der Waals surface area contributed by atoms with Crippen LogP contribution < -0.4 is 5.32 Å². The zero-order chi connectivity index (χ0) is 18.3.